The molecule has 8 rings (SSSR count). The van der Waals surface area contributed by atoms with Crippen molar-refractivity contribution < 1.29 is 14.4 Å². The Morgan fingerprint density at radius 3 is 2.02 bits per heavy atom. The van der Waals surface area contributed by atoms with Gasteiger partial charge >= 0.3 is 0 Å². The first-order chi connectivity index (χ1) is 25.0. The lowest BCUT2D eigenvalue weighted by Crippen LogP contribution is -2.43. The van der Waals surface area contributed by atoms with Gasteiger partial charge in [0.1, 0.15) is 11.9 Å². The lowest BCUT2D eigenvalue weighted by Gasteiger charge is -2.24. The molecule has 0 aliphatic carbocycles. The van der Waals surface area contributed by atoms with Crippen molar-refractivity contribution in [2.24, 2.45) is 0 Å². The second kappa shape index (κ2) is 14.1. The third-order valence-corrected chi connectivity index (χ3v) is 10.2. The number of fused-ring (bicyclic) bond motifs is 1. The van der Waals surface area contributed by atoms with Gasteiger partial charge in [-0.25, -0.2) is 4.98 Å². The van der Waals surface area contributed by atoms with Gasteiger partial charge in [0.05, 0.1) is 30.8 Å². The van der Waals surface area contributed by atoms with Crippen molar-refractivity contribution in [3.8, 4) is 22.5 Å². The second-order valence-corrected chi connectivity index (χ2v) is 13.5. The van der Waals surface area contributed by atoms with E-state index in [4.69, 9.17) is 4.98 Å². The molecule has 51 heavy (non-hydrogen) atoms. The Labute approximate surface area is 296 Å². The summed E-state index contributed by atoms with van der Waals surface area (Å²) in [5.41, 5.74) is 7.58. The molecule has 256 valence electrons. The van der Waals surface area contributed by atoms with E-state index in [-0.39, 0.29) is 23.8 Å². The first kappa shape index (κ1) is 32.3. The normalized spacial score (nSPS) is 17.3. The van der Waals surface area contributed by atoms with Gasteiger partial charge in [-0.1, -0.05) is 84.9 Å². The van der Waals surface area contributed by atoms with E-state index in [1.54, 1.807) is 4.90 Å². The van der Waals surface area contributed by atoms with Crippen LogP contribution in [0.15, 0.2) is 115 Å². The Morgan fingerprint density at radius 2 is 1.31 bits per heavy atom. The minimum Gasteiger partial charge on any atom is -0.355 e. The third-order valence-electron chi connectivity index (χ3n) is 10.2. The van der Waals surface area contributed by atoms with E-state index < -0.39 is 6.04 Å². The summed E-state index contributed by atoms with van der Waals surface area (Å²) in [5.74, 6) is 0.785. The summed E-state index contributed by atoms with van der Waals surface area (Å²) in [4.78, 5) is 55.0. The maximum absolute atomic E-state index is 13.3. The van der Waals surface area contributed by atoms with Gasteiger partial charge in [-0.05, 0) is 72.2 Å². The molecule has 2 aromatic heterocycles. The van der Waals surface area contributed by atoms with E-state index in [0.717, 1.165) is 76.2 Å². The zero-order valence-electron chi connectivity index (χ0n) is 28.3. The van der Waals surface area contributed by atoms with Crippen molar-refractivity contribution in [3.63, 3.8) is 0 Å². The predicted octanol–water partition coefficient (Wildman–Crippen LogP) is 7.30. The Bertz CT molecular complexity index is 2170. The highest BCUT2D eigenvalue weighted by atomic mass is 16.2. The van der Waals surface area contributed by atoms with Crippen molar-refractivity contribution >= 4 is 34.3 Å². The fraction of sp³-hybridized carbons (Fsp3) is 0.238. The Balaban J connectivity index is 0.917. The summed E-state index contributed by atoms with van der Waals surface area (Å²) in [6.07, 6.45) is 5.87. The molecule has 3 amide bonds. The zero-order chi connectivity index (χ0) is 34.7. The molecular formula is C42H40N6O3. The molecule has 4 aromatic carbocycles. The molecule has 0 spiro atoms. The lowest BCUT2D eigenvalue weighted by atomic mass is 10.1. The molecule has 0 bridgehead atoms. The number of hydrogen-bond acceptors (Lipinski definition) is 4. The highest BCUT2D eigenvalue weighted by Gasteiger charge is 2.34. The number of nitrogens with zero attached hydrogens (tertiary/aromatic N) is 3. The van der Waals surface area contributed by atoms with Crippen LogP contribution < -0.4 is 5.32 Å². The van der Waals surface area contributed by atoms with Crippen molar-refractivity contribution in [1.82, 2.24) is 24.8 Å². The van der Waals surface area contributed by atoms with E-state index in [9.17, 15) is 14.4 Å². The number of imidazole rings is 1. The predicted molar refractivity (Wildman–Crippen MR) is 199 cm³/mol. The van der Waals surface area contributed by atoms with E-state index >= 15 is 0 Å². The number of carbonyl (C=O) groups excluding carboxylic acids is 3. The maximum atomic E-state index is 13.3. The van der Waals surface area contributed by atoms with Gasteiger partial charge in [0.25, 0.3) is 0 Å². The Hall–Kier alpha value is -5.96. The molecule has 2 saturated heterocycles. The van der Waals surface area contributed by atoms with E-state index in [1.165, 1.54) is 0 Å². The second-order valence-electron chi connectivity index (χ2n) is 13.5. The number of likely N-dealkylation sites (tertiary alicyclic amines) is 2. The van der Waals surface area contributed by atoms with Crippen LogP contribution in [-0.4, -0.2) is 61.6 Å². The van der Waals surface area contributed by atoms with Crippen LogP contribution in [0.2, 0.25) is 0 Å². The molecule has 9 nitrogen and oxygen atoms in total. The standard InChI is InChI=1S/C42H40N6O3/c49-39(23-28-9-3-1-4-10-28)47-21-7-13-37(47)41-43-27-36(46-41)31-17-15-30(16-18-31)35-26-32-25-33(19-20-34(32)45-35)44-42(51)38-14-8-22-48(38)40(50)24-29-11-5-2-6-12-29/h1-6,9-12,15-20,25-27,37-38,45H,7-8,13-14,21-24H2,(H,43,46)(H,44,51)/t37-,38-/m0/s1. The molecular weight excluding hydrogens is 637 g/mol. The first-order valence-electron chi connectivity index (χ1n) is 17.7. The average molecular weight is 677 g/mol. The maximum Gasteiger partial charge on any atom is 0.247 e. The molecule has 0 unspecified atom stereocenters. The largest absolute Gasteiger partial charge is 0.355 e. The summed E-state index contributed by atoms with van der Waals surface area (Å²) in [7, 11) is 0. The minimum atomic E-state index is -0.470. The number of amides is 3. The highest BCUT2D eigenvalue weighted by molar-refractivity contribution is 5.99. The molecule has 2 atom stereocenters. The number of anilines is 1. The molecule has 6 aromatic rings. The van der Waals surface area contributed by atoms with Crippen molar-refractivity contribution in [2.75, 3.05) is 18.4 Å². The minimum absolute atomic E-state index is 0.0185. The number of H-pyrrole nitrogens is 2. The van der Waals surface area contributed by atoms with Crippen LogP contribution in [0.3, 0.4) is 0 Å². The molecule has 3 N–H and O–H groups in total. The summed E-state index contributed by atoms with van der Waals surface area (Å²) in [6, 6.07) is 35.3. The third kappa shape index (κ3) is 6.92. The smallest absolute Gasteiger partial charge is 0.247 e. The van der Waals surface area contributed by atoms with Crippen molar-refractivity contribution in [1.29, 1.82) is 0 Å². The van der Waals surface area contributed by atoms with Crippen molar-refractivity contribution in [2.45, 2.75) is 50.6 Å². The molecule has 9 heteroatoms. The van der Waals surface area contributed by atoms with Gasteiger partial charge in [0, 0.05) is 35.4 Å². The number of rotatable bonds is 9. The molecule has 0 radical (unpaired) electrons. The SMILES string of the molecule is O=C(Nc1ccc2[nH]c(-c3ccc(-c4cnc([C@@H]5CCCN5C(=O)Cc5ccccc5)[nH]4)cc3)cc2c1)[C@@H]1CCCN1C(=O)Cc1ccccc1. The van der Waals surface area contributed by atoms with Crippen LogP contribution in [0, 0.1) is 0 Å². The summed E-state index contributed by atoms with van der Waals surface area (Å²) >= 11 is 0. The van der Waals surface area contributed by atoms with Crippen LogP contribution in [0.25, 0.3) is 33.4 Å². The van der Waals surface area contributed by atoms with E-state index in [1.807, 2.05) is 90.0 Å². The lowest BCUT2D eigenvalue weighted by molar-refractivity contribution is -0.136. The average Bonchev–Trinajstić information content (AvgIpc) is 3.98. The molecule has 2 aliphatic rings. The van der Waals surface area contributed by atoms with E-state index in [2.05, 4.69) is 45.6 Å². The monoisotopic (exact) mass is 676 g/mol. The fourth-order valence-corrected chi connectivity index (χ4v) is 7.50. The summed E-state index contributed by atoms with van der Waals surface area (Å²) in [5, 5.41) is 4.05. The molecule has 2 fully saturated rings. The van der Waals surface area contributed by atoms with Gasteiger partial charge < -0.3 is 25.1 Å². The van der Waals surface area contributed by atoms with Gasteiger partial charge in [-0.3, -0.25) is 14.4 Å². The Morgan fingerprint density at radius 1 is 0.686 bits per heavy atom. The van der Waals surface area contributed by atoms with E-state index in [0.29, 0.717) is 31.5 Å². The summed E-state index contributed by atoms with van der Waals surface area (Å²) in [6.45, 7) is 1.34. The number of hydrogen-bond donors (Lipinski definition) is 3. The number of aromatic nitrogens is 3. The molecule has 2 aliphatic heterocycles. The van der Waals surface area contributed by atoms with Gasteiger partial charge in [0.15, 0.2) is 0 Å². The van der Waals surface area contributed by atoms with Crippen LogP contribution in [0.4, 0.5) is 5.69 Å². The number of benzene rings is 4. The van der Waals surface area contributed by atoms with Gasteiger partial charge in [-0.15, -0.1) is 0 Å². The Kier molecular flexibility index (Phi) is 8.92. The van der Waals surface area contributed by atoms with Gasteiger partial charge in [0.2, 0.25) is 17.7 Å². The van der Waals surface area contributed by atoms with Crippen molar-refractivity contribution in [3.05, 3.63) is 132 Å². The van der Waals surface area contributed by atoms with Crippen LogP contribution in [-0.2, 0) is 27.2 Å². The fourth-order valence-electron chi connectivity index (χ4n) is 7.50. The molecule has 4 heterocycles. The number of aromatic amines is 2. The quantitative estimate of drug-likeness (QED) is 0.149. The van der Waals surface area contributed by atoms with Gasteiger partial charge in [-0.2, -0.15) is 0 Å². The molecule has 0 saturated carbocycles. The number of carbonyl (C=O) groups is 3. The summed E-state index contributed by atoms with van der Waals surface area (Å²) < 4.78 is 0. The zero-order valence-corrected chi connectivity index (χ0v) is 28.3. The van der Waals surface area contributed by atoms with Crippen LogP contribution in [0.1, 0.15) is 48.7 Å². The number of nitrogens with one attached hydrogen (secondary N) is 3. The topological polar surface area (TPSA) is 114 Å². The van der Waals surface area contributed by atoms with Crippen LogP contribution >= 0.6 is 0 Å². The van der Waals surface area contributed by atoms with Crippen LogP contribution in [0.5, 0.6) is 0 Å². The highest BCUT2D eigenvalue weighted by Crippen LogP contribution is 2.33. The first-order valence-corrected chi connectivity index (χ1v) is 17.7.